The Balaban J connectivity index is 3.05. The van der Waals surface area contributed by atoms with E-state index in [1.54, 1.807) is 0 Å². The lowest BCUT2D eigenvalue weighted by Gasteiger charge is -2.02. The van der Waals surface area contributed by atoms with Crippen LogP contribution >= 0.6 is 0 Å². The van der Waals surface area contributed by atoms with Crippen LogP contribution in [0.15, 0.2) is 12.2 Å². The zero-order chi connectivity index (χ0) is 16.3. The summed E-state index contributed by atoms with van der Waals surface area (Å²) in [5.41, 5.74) is 0. The molecule has 0 heterocycles. The summed E-state index contributed by atoms with van der Waals surface area (Å²) >= 11 is 0. The molecular weight excluding hydrogens is 274 g/mol. The van der Waals surface area contributed by atoms with Crippen LogP contribution in [0.2, 0.25) is 0 Å². The minimum Gasteiger partial charge on any atom is -0.370 e. The summed E-state index contributed by atoms with van der Waals surface area (Å²) < 4.78 is 0. The number of nitrogens with two attached hydrogens (primary N) is 1. The smallest absolute Gasteiger partial charge is 0.348 e. The van der Waals surface area contributed by atoms with Gasteiger partial charge in [0.15, 0.2) is 0 Å². The van der Waals surface area contributed by atoms with Crippen LogP contribution in [-0.2, 0) is 9.63 Å². The van der Waals surface area contributed by atoms with Gasteiger partial charge in [-0.2, -0.15) is 5.90 Å². The summed E-state index contributed by atoms with van der Waals surface area (Å²) in [6.45, 7) is 2.27. The van der Waals surface area contributed by atoms with E-state index in [0.717, 1.165) is 12.8 Å². The first-order valence-electron chi connectivity index (χ1n) is 9.38. The van der Waals surface area contributed by atoms with Crippen molar-refractivity contribution in [2.24, 2.45) is 5.90 Å². The Bertz CT molecular complexity index is 264. The molecule has 0 amide bonds. The highest BCUT2D eigenvalue weighted by molar-refractivity contribution is 5.81. The normalized spacial score (nSPS) is 11.2. The maximum atomic E-state index is 10.7. The molecule has 0 fully saturated rings. The van der Waals surface area contributed by atoms with Crippen LogP contribution in [0.3, 0.4) is 0 Å². The van der Waals surface area contributed by atoms with Gasteiger partial charge in [-0.25, -0.2) is 4.79 Å². The van der Waals surface area contributed by atoms with E-state index in [9.17, 15) is 4.79 Å². The van der Waals surface area contributed by atoms with E-state index in [1.807, 2.05) is 6.08 Å². The fraction of sp³-hybridized carbons (Fsp3) is 0.842. The summed E-state index contributed by atoms with van der Waals surface area (Å²) in [7, 11) is 0. The van der Waals surface area contributed by atoms with Crippen LogP contribution in [0.5, 0.6) is 0 Å². The number of allylic oxidation sites excluding steroid dienone is 1. The van der Waals surface area contributed by atoms with Crippen LogP contribution in [-0.4, -0.2) is 5.97 Å². The van der Waals surface area contributed by atoms with E-state index in [0.29, 0.717) is 0 Å². The summed E-state index contributed by atoms with van der Waals surface area (Å²) in [4.78, 5) is 14.8. The maximum Gasteiger partial charge on any atom is 0.348 e. The summed E-state index contributed by atoms with van der Waals surface area (Å²) in [5, 5.41) is 0. The van der Waals surface area contributed by atoms with Gasteiger partial charge in [-0.1, -0.05) is 96.5 Å². The lowest BCUT2D eigenvalue weighted by molar-refractivity contribution is -0.138. The van der Waals surface area contributed by atoms with Crippen LogP contribution in [0, 0.1) is 0 Å². The van der Waals surface area contributed by atoms with Gasteiger partial charge in [0, 0.05) is 6.08 Å². The Morgan fingerprint density at radius 1 is 0.773 bits per heavy atom. The molecule has 22 heavy (non-hydrogen) atoms. The second-order valence-corrected chi connectivity index (χ2v) is 6.22. The predicted octanol–water partition coefficient (Wildman–Crippen LogP) is 5.83. The molecule has 130 valence electrons. The third-order valence-corrected chi connectivity index (χ3v) is 4.09. The van der Waals surface area contributed by atoms with Crippen LogP contribution in [0.4, 0.5) is 0 Å². The van der Waals surface area contributed by atoms with Gasteiger partial charge in [-0.05, 0) is 12.8 Å². The van der Waals surface area contributed by atoms with Gasteiger partial charge in [0.25, 0.3) is 0 Å². The largest absolute Gasteiger partial charge is 0.370 e. The molecule has 3 nitrogen and oxygen atoms in total. The molecule has 0 aliphatic heterocycles. The summed E-state index contributed by atoms with van der Waals surface area (Å²) in [6.07, 6.45) is 23.3. The highest BCUT2D eigenvalue weighted by Gasteiger charge is 1.94. The molecule has 0 aromatic rings. The van der Waals surface area contributed by atoms with E-state index < -0.39 is 5.97 Å². The minimum absolute atomic E-state index is 0.467. The molecule has 0 rings (SSSR count). The Hall–Kier alpha value is -0.830. The number of carbonyl (C=O) groups excluding carboxylic acids is 1. The molecule has 0 bridgehead atoms. The number of hydrogen-bond donors (Lipinski definition) is 1. The number of rotatable bonds is 16. The fourth-order valence-corrected chi connectivity index (χ4v) is 2.68. The molecule has 0 aromatic heterocycles. The Kier molecular flexibility index (Phi) is 17.5. The van der Waals surface area contributed by atoms with Gasteiger partial charge in [0.2, 0.25) is 0 Å². The van der Waals surface area contributed by atoms with Crippen LogP contribution < -0.4 is 5.90 Å². The average molecular weight is 312 g/mol. The first kappa shape index (κ1) is 21.2. The quantitative estimate of drug-likeness (QED) is 0.221. The second kappa shape index (κ2) is 18.2. The molecule has 0 aliphatic rings. The molecule has 0 spiro atoms. The van der Waals surface area contributed by atoms with E-state index >= 15 is 0 Å². The SMILES string of the molecule is CCCCCCCCCCCCCCCC/C=C/C(=O)ON. The Labute approximate surface area is 137 Å². The highest BCUT2D eigenvalue weighted by atomic mass is 16.7. The molecule has 0 aliphatic carbocycles. The van der Waals surface area contributed by atoms with E-state index in [2.05, 4.69) is 11.8 Å². The van der Waals surface area contributed by atoms with Crippen LogP contribution in [0.1, 0.15) is 103 Å². The number of hydrogen-bond acceptors (Lipinski definition) is 3. The van der Waals surface area contributed by atoms with E-state index in [4.69, 9.17) is 5.90 Å². The summed E-state index contributed by atoms with van der Waals surface area (Å²) in [6, 6.07) is 0. The van der Waals surface area contributed by atoms with Gasteiger partial charge in [0.1, 0.15) is 0 Å². The highest BCUT2D eigenvalue weighted by Crippen LogP contribution is 2.13. The molecule has 3 heteroatoms. The molecule has 0 aromatic carbocycles. The van der Waals surface area contributed by atoms with Crippen molar-refractivity contribution in [2.75, 3.05) is 0 Å². The van der Waals surface area contributed by atoms with Gasteiger partial charge in [-0.15, -0.1) is 0 Å². The third kappa shape index (κ3) is 17.2. The maximum absolute atomic E-state index is 10.7. The van der Waals surface area contributed by atoms with Gasteiger partial charge in [0.05, 0.1) is 0 Å². The van der Waals surface area contributed by atoms with Gasteiger partial charge in [-0.3, -0.25) is 0 Å². The monoisotopic (exact) mass is 311 g/mol. The lowest BCUT2D eigenvalue weighted by Crippen LogP contribution is -2.05. The molecule has 0 saturated heterocycles. The standard InChI is InChI=1S/C19H37NO2/c1-2-3-4-5-6-7-8-9-10-11-12-13-14-15-16-17-18-19(21)22-20/h17-18H,2-16,20H2,1H3/b18-17+. The molecule has 2 N–H and O–H groups in total. The zero-order valence-corrected chi connectivity index (χ0v) is 14.7. The molecule has 0 atom stereocenters. The zero-order valence-electron chi connectivity index (χ0n) is 14.7. The van der Waals surface area contributed by atoms with Crippen LogP contribution in [0.25, 0.3) is 0 Å². The first-order valence-corrected chi connectivity index (χ1v) is 9.38. The van der Waals surface area contributed by atoms with Crippen molar-refractivity contribution >= 4 is 5.97 Å². The molecule has 0 radical (unpaired) electrons. The van der Waals surface area contributed by atoms with Crippen molar-refractivity contribution in [1.29, 1.82) is 0 Å². The average Bonchev–Trinajstić information content (AvgIpc) is 2.54. The first-order chi connectivity index (χ1) is 10.8. The van der Waals surface area contributed by atoms with Crippen molar-refractivity contribution in [3.63, 3.8) is 0 Å². The van der Waals surface area contributed by atoms with Crippen molar-refractivity contribution in [2.45, 2.75) is 103 Å². The molecule has 0 unspecified atom stereocenters. The van der Waals surface area contributed by atoms with E-state index in [1.165, 1.54) is 89.5 Å². The van der Waals surface area contributed by atoms with Crippen molar-refractivity contribution in [3.05, 3.63) is 12.2 Å². The van der Waals surface area contributed by atoms with E-state index in [-0.39, 0.29) is 0 Å². The van der Waals surface area contributed by atoms with Crippen molar-refractivity contribution < 1.29 is 9.63 Å². The Morgan fingerprint density at radius 3 is 1.59 bits per heavy atom. The van der Waals surface area contributed by atoms with Gasteiger partial charge >= 0.3 is 5.97 Å². The number of carbonyl (C=O) groups is 1. The van der Waals surface area contributed by atoms with Gasteiger partial charge < -0.3 is 4.84 Å². The summed E-state index contributed by atoms with van der Waals surface area (Å²) in [5.74, 6) is 4.27. The Morgan fingerprint density at radius 2 is 1.18 bits per heavy atom. The number of unbranched alkanes of at least 4 members (excludes halogenated alkanes) is 14. The van der Waals surface area contributed by atoms with Crippen molar-refractivity contribution in [1.82, 2.24) is 0 Å². The van der Waals surface area contributed by atoms with Crippen molar-refractivity contribution in [3.8, 4) is 0 Å². The lowest BCUT2D eigenvalue weighted by atomic mass is 10.0. The predicted molar refractivity (Wildman–Crippen MR) is 94.3 cm³/mol. The molecule has 0 saturated carbocycles. The topological polar surface area (TPSA) is 52.3 Å². The second-order valence-electron chi connectivity index (χ2n) is 6.22. The fourth-order valence-electron chi connectivity index (χ4n) is 2.68. The molecular formula is C19H37NO2. The minimum atomic E-state index is -0.467. The third-order valence-electron chi connectivity index (χ3n) is 4.09.